The lowest BCUT2D eigenvalue weighted by molar-refractivity contribution is 0.0785. The highest BCUT2D eigenvalue weighted by atomic mass is 35.5. The molecule has 0 atom stereocenters. The first-order valence-corrected chi connectivity index (χ1v) is 7.46. The number of nitrogens with zero attached hydrogens (tertiary/aromatic N) is 4. The summed E-state index contributed by atoms with van der Waals surface area (Å²) in [5, 5.41) is 0.654. The Balaban J connectivity index is 1.80. The second-order valence-electron chi connectivity index (χ2n) is 5.13. The van der Waals surface area contributed by atoms with E-state index >= 15 is 0 Å². The zero-order valence-electron chi connectivity index (χ0n) is 12.6. The maximum Gasteiger partial charge on any atom is 0.254 e. The van der Waals surface area contributed by atoms with Gasteiger partial charge in [-0.3, -0.25) is 9.36 Å². The van der Waals surface area contributed by atoms with E-state index in [1.54, 1.807) is 53.6 Å². The molecule has 0 fully saturated rings. The van der Waals surface area contributed by atoms with Gasteiger partial charge in [0, 0.05) is 42.8 Å². The van der Waals surface area contributed by atoms with Crippen LogP contribution < -0.4 is 0 Å². The van der Waals surface area contributed by atoms with Gasteiger partial charge in [0.05, 0.1) is 0 Å². The van der Waals surface area contributed by atoms with Gasteiger partial charge in [0.1, 0.15) is 12.1 Å². The Morgan fingerprint density at radius 1 is 1.26 bits per heavy atom. The van der Waals surface area contributed by atoms with Gasteiger partial charge in [-0.15, -0.1) is 0 Å². The van der Waals surface area contributed by atoms with E-state index in [9.17, 15) is 4.79 Å². The van der Waals surface area contributed by atoms with Crippen molar-refractivity contribution in [2.75, 3.05) is 7.05 Å². The topological polar surface area (TPSA) is 51.0 Å². The fraction of sp³-hybridized carbons (Fsp3) is 0.118. The van der Waals surface area contributed by atoms with Gasteiger partial charge in [-0.05, 0) is 23.8 Å². The summed E-state index contributed by atoms with van der Waals surface area (Å²) in [5.74, 6) is 0.563. The normalized spacial score (nSPS) is 10.5. The number of imidazole rings is 1. The number of rotatable bonds is 4. The molecular formula is C17H15ClN4O. The number of halogens is 1. The first-order valence-electron chi connectivity index (χ1n) is 7.08. The third kappa shape index (κ3) is 3.40. The van der Waals surface area contributed by atoms with E-state index in [2.05, 4.69) is 9.97 Å². The predicted octanol–water partition coefficient (Wildman–Crippen LogP) is 3.19. The Bertz CT molecular complexity index is 817. The maximum absolute atomic E-state index is 12.6. The summed E-state index contributed by atoms with van der Waals surface area (Å²) in [5.41, 5.74) is 1.48. The second kappa shape index (κ2) is 6.62. The molecule has 0 radical (unpaired) electrons. The molecule has 0 aliphatic rings. The standard InChI is InChI=1S/C17H15ClN4O/c1-21(11-14-4-2-3-5-15(14)18)17(23)13-6-7-20-16(10-13)22-9-8-19-12-22/h2-10,12H,11H2,1H3. The van der Waals surface area contributed by atoms with Crippen LogP contribution in [0.1, 0.15) is 15.9 Å². The fourth-order valence-corrected chi connectivity index (χ4v) is 2.46. The first-order chi connectivity index (χ1) is 11.1. The minimum Gasteiger partial charge on any atom is -0.337 e. The highest BCUT2D eigenvalue weighted by molar-refractivity contribution is 6.31. The Morgan fingerprint density at radius 2 is 2.09 bits per heavy atom. The number of hydrogen-bond donors (Lipinski definition) is 0. The Labute approximate surface area is 139 Å². The molecule has 0 aliphatic heterocycles. The molecule has 2 heterocycles. The molecule has 1 amide bonds. The molecule has 0 saturated carbocycles. The average Bonchev–Trinajstić information content (AvgIpc) is 3.11. The molecule has 1 aromatic carbocycles. The third-order valence-electron chi connectivity index (χ3n) is 3.47. The molecule has 0 N–H and O–H groups in total. The van der Waals surface area contributed by atoms with Gasteiger partial charge in [0.25, 0.3) is 5.91 Å². The number of amides is 1. The quantitative estimate of drug-likeness (QED) is 0.740. The highest BCUT2D eigenvalue weighted by Crippen LogP contribution is 2.18. The number of hydrogen-bond acceptors (Lipinski definition) is 3. The molecule has 2 aromatic heterocycles. The molecule has 23 heavy (non-hydrogen) atoms. The number of pyridine rings is 1. The molecule has 5 nitrogen and oxygen atoms in total. The number of carbonyl (C=O) groups is 1. The van der Waals surface area contributed by atoms with Crippen LogP contribution in [-0.4, -0.2) is 32.4 Å². The monoisotopic (exact) mass is 326 g/mol. The van der Waals surface area contributed by atoms with Crippen LogP contribution in [0.2, 0.25) is 5.02 Å². The van der Waals surface area contributed by atoms with Gasteiger partial charge in [-0.1, -0.05) is 29.8 Å². The summed E-state index contributed by atoms with van der Waals surface area (Å²) in [6, 6.07) is 10.9. The molecule has 3 rings (SSSR count). The van der Waals surface area contributed by atoms with Crippen LogP contribution in [0, 0.1) is 0 Å². The van der Waals surface area contributed by atoms with Crippen LogP contribution in [0.5, 0.6) is 0 Å². The van der Waals surface area contributed by atoms with Crippen molar-refractivity contribution in [2.24, 2.45) is 0 Å². The van der Waals surface area contributed by atoms with Crippen LogP contribution >= 0.6 is 11.6 Å². The molecular weight excluding hydrogens is 312 g/mol. The zero-order valence-corrected chi connectivity index (χ0v) is 13.3. The fourth-order valence-electron chi connectivity index (χ4n) is 2.26. The van der Waals surface area contributed by atoms with Crippen molar-refractivity contribution in [2.45, 2.75) is 6.54 Å². The van der Waals surface area contributed by atoms with Crippen molar-refractivity contribution in [3.05, 3.63) is 77.5 Å². The zero-order chi connectivity index (χ0) is 16.2. The van der Waals surface area contributed by atoms with Gasteiger partial charge >= 0.3 is 0 Å². The number of carbonyl (C=O) groups excluding carboxylic acids is 1. The van der Waals surface area contributed by atoms with E-state index < -0.39 is 0 Å². The van der Waals surface area contributed by atoms with Gasteiger partial charge in [0.2, 0.25) is 0 Å². The molecule has 116 valence electrons. The lowest BCUT2D eigenvalue weighted by Crippen LogP contribution is -2.26. The highest BCUT2D eigenvalue weighted by Gasteiger charge is 2.14. The van der Waals surface area contributed by atoms with Gasteiger partial charge in [0.15, 0.2) is 0 Å². The molecule has 0 unspecified atom stereocenters. The van der Waals surface area contributed by atoms with E-state index in [1.807, 2.05) is 24.3 Å². The third-order valence-corrected chi connectivity index (χ3v) is 3.84. The first kappa shape index (κ1) is 15.2. The van der Waals surface area contributed by atoms with Crippen LogP contribution in [0.15, 0.2) is 61.3 Å². The van der Waals surface area contributed by atoms with Crippen LogP contribution in [0.4, 0.5) is 0 Å². The van der Waals surface area contributed by atoms with E-state index in [-0.39, 0.29) is 5.91 Å². The summed E-state index contributed by atoms with van der Waals surface area (Å²) in [7, 11) is 1.75. The van der Waals surface area contributed by atoms with E-state index in [0.717, 1.165) is 5.56 Å². The van der Waals surface area contributed by atoms with E-state index in [0.29, 0.717) is 22.9 Å². The molecule has 0 saturated heterocycles. The van der Waals surface area contributed by atoms with Crippen molar-refractivity contribution >= 4 is 17.5 Å². The van der Waals surface area contributed by atoms with Gasteiger partial charge in [-0.2, -0.15) is 0 Å². The predicted molar refractivity (Wildman–Crippen MR) is 88.6 cm³/mol. The van der Waals surface area contributed by atoms with Gasteiger partial charge in [-0.25, -0.2) is 9.97 Å². The van der Waals surface area contributed by atoms with Crippen molar-refractivity contribution in [1.29, 1.82) is 0 Å². The molecule has 0 aliphatic carbocycles. The molecule has 6 heteroatoms. The minimum absolute atomic E-state index is 0.0892. The lowest BCUT2D eigenvalue weighted by Gasteiger charge is -2.18. The van der Waals surface area contributed by atoms with Crippen molar-refractivity contribution < 1.29 is 4.79 Å². The van der Waals surface area contributed by atoms with Crippen molar-refractivity contribution in [1.82, 2.24) is 19.4 Å². The SMILES string of the molecule is CN(Cc1ccccc1Cl)C(=O)c1ccnc(-n2ccnc2)c1. The maximum atomic E-state index is 12.6. The Morgan fingerprint density at radius 3 is 2.83 bits per heavy atom. The van der Waals surface area contributed by atoms with E-state index in [1.165, 1.54) is 0 Å². The van der Waals surface area contributed by atoms with Crippen LogP contribution in [0.25, 0.3) is 5.82 Å². The summed E-state index contributed by atoms with van der Waals surface area (Å²) in [6.45, 7) is 0.446. The number of benzene rings is 1. The summed E-state index contributed by atoms with van der Waals surface area (Å²) in [4.78, 5) is 22.5. The minimum atomic E-state index is -0.0892. The van der Waals surface area contributed by atoms with Crippen molar-refractivity contribution in [3.63, 3.8) is 0 Å². The summed E-state index contributed by atoms with van der Waals surface area (Å²) < 4.78 is 1.75. The summed E-state index contributed by atoms with van der Waals surface area (Å²) in [6.07, 6.45) is 6.71. The lowest BCUT2D eigenvalue weighted by atomic mass is 10.2. The molecule has 0 spiro atoms. The smallest absolute Gasteiger partial charge is 0.254 e. The summed E-state index contributed by atoms with van der Waals surface area (Å²) >= 11 is 6.15. The Kier molecular flexibility index (Phi) is 4.39. The average molecular weight is 327 g/mol. The number of aromatic nitrogens is 3. The molecule has 0 bridgehead atoms. The second-order valence-corrected chi connectivity index (χ2v) is 5.53. The molecule has 3 aromatic rings. The van der Waals surface area contributed by atoms with Crippen LogP contribution in [0.3, 0.4) is 0 Å². The van der Waals surface area contributed by atoms with Crippen LogP contribution in [-0.2, 0) is 6.54 Å². The van der Waals surface area contributed by atoms with Crippen molar-refractivity contribution in [3.8, 4) is 5.82 Å². The Hall–Kier alpha value is -2.66. The van der Waals surface area contributed by atoms with Gasteiger partial charge < -0.3 is 4.90 Å². The van der Waals surface area contributed by atoms with E-state index in [4.69, 9.17) is 11.6 Å². The largest absolute Gasteiger partial charge is 0.337 e.